The number of unbranched alkanes of at least 4 members (excludes halogenated alkanes) is 16. The molecule has 0 spiro atoms. The smallest absolute Gasteiger partial charge is 0.306 e. The largest absolute Gasteiger partial charge is 0.462 e. The summed E-state index contributed by atoms with van der Waals surface area (Å²) in [5.41, 5.74) is 0. The van der Waals surface area contributed by atoms with Crippen molar-refractivity contribution in [1.29, 1.82) is 0 Å². The topological polar surface area (TPSA) is 78.9 Å². The predicted molar refractivity (Wildman–Crippen MR) is 288 cm³/mol. The Kier molecular flexibility index (Phi) is 51.0. The summed E-state index contributed by atoms with van der Waals surface area (Å²) in [6, 6.07) is 0. The molecular weight excluding hydrogens is 829 g/mol. The number of allylic oxidation sites excluding steroid dienone is 20. The van der Waals surface area contributed by atoms with Crippen molar-refractivity contribution in [3.8, 4) is 0 Å². The van der Waals surface area contributed by atoms with Gasteiger partial charge in [0, 0.05) is 19.3 Å². The summed E-state index contributed by atoms with van der Waals surface area (Å²) in [7, 11) is 0. The summed E-state index contributed by atoms with van der Waals surface area (Å²) in [4.78, 5) is 38.0. The monoisotopic (exact) mass is 927 g/mol. The number of esters is 3. The van der Waals surface area contributed by atoms with Crippen LogP contribution < -0.4 is 0 Å². The molecule has 0 aromatic rings. The standard InChI is InChI=1S/C61H98O6/c1-4-7-10-13-16-19-22-25-28-30-33-36-39-42-45-48-51-54-60(63)66-57-58(56-65-59(62)53-50-47-44-41-38-35-32-27-24-21-18-15-12-9-6-3)67-61(64)55-52-49-46-43-40-37-34-31-29-26-23-20-17-14-11-8-5-2/h16-21,25-29,32-34,36-37,42-43,45-46,58H,4-15,22-24,30-31,35,38-41,44,47-57H2,1-3H3. The van der Waals surface area contributed by atoms with Crippen molar-refractivity contribution in [2.75, 3.05) is 13.2 Å². The lowest BCUT2D eigenvalue weighted by Gasteiger charge is -2.18. The maximum Gasteiger partial charge on any atom is 0.306 e. The Morgan fingerprint density at radius 2 is 0.552 bits per heavy atom. The molecule has 0 aromatic carbocycles. The van der Waals surface area contributed by atoms with E-state index in [1.54, 1.807) is 0 Å². The van der Waals surface area contributed by atoms with Crippen molar-refractivity contribution >= 4 is 17.9 Å². The third-order valence-electron chi connectivity index (χ3n) is 10.9. The van der Waals surface area contributed by atoms with Gasteiger partial charge in [-0.05, 0) is 128 Å². The van der Waals surface area contributed by atoms with Crippen molar-refractivity contribution in [1.82, 2.24) is 0 Å². The normalized spacial score (nSPS) is 13.1. The lowest BCUT2D eigenvalue weighted by molar-refractivity contribution is -0.167. The lowest BCUT2D eigenvalue weighted by atomic mass is 10.1. The number of carbonyl (C=O) groups excluding carboxylic acids is 3. The average molecular weight is 927 g/mol. The summed E-state index contributed by atoms with van der Waals surface area (Å²) < 4.78 is 16.7. The van der Waals surface area contributed by atoms with Crippen LogP contribution in [-0.2, 0) is 28.6 Å². The van der Waals surface area contributed by atoms with Crippen LogP contribution in [0.25, 0.3) is 0 Å². The highest BCUT2D eigenvalue weighted by Crippen LogP contribution is 2.11. The van der Waals surface area contributed by atoms with Gasteiger partial charge >= 0.3 is 17.9 Å². The van der Waals surface area contributed by atoms with E-state index in [-0.39, 0.29) is 44.0 Å². The molecule has 0 amide bonds. The average Bonchev–Trinajstić information content (AvgIpc) is 3.33. The van der Waals surface area contributed by atoms with E-state index in [4.69, 9.17) is 14.2 Å². The molecule has 6 heteroatoms. The van der Waals surface area contributed by atoms with E-state index in [0.717, 1.165) is 96.3 Å². The van der Waals surface area contributed by atoms with Crippen molar-refractivity contribution in [3.05, 3.63) is 122 Å². The molecule has 0 aliphatic rings. The van der Waals surface area contributed by atoms with Gasteiger partial charge in [-0.15, -0.1) is 0 Å². The van der Waals surface area contributed by atoms with Gasteiger partial charge in [0.25, 0.3) is 0 Å². The van der Waals surface area contributed by atoms with E-state index in [2.05, 4.69) is 142 Å². The SMILES string of the molecule is CCCCCC=CCC=CCC=CCC=CCCCC(=O)OCC(COC(=O)CCCCCCCC=CCC=CCCCCC)OC(=O)CCCC=CCC=CCC=CCC=CCCCCC. The minimum Gasteiger partial charge on any atom is -0.462 e. The Morgan fingerprint density at radius 1 is 0.299 bits per heavy atom. The van der Waals surface area contributed by atoms with Crippen LogP contribution >= 0.6 is 0 Å². The molecule has 1 unspecified atom stereocenters. The van der Waals surface area contributed by atoms with Crippen LogP contribution in [0.2, 0.25) is 0 Å². The van der Waals surface area contributed by atoms with E-state index < -0.39 is 6.10 Å². The highest BCUT2D eigenvalue weighted by molar-refractivity contribution is 5.71. The molecule has 0 radical (unpaired) electrons. The highest BCUT2D eigenvalue weighted by Gasteiger charge is 2.19. The van der Waals surface area contributed by atoms with E-state index in [1.807, 2.05) is 0 Å². The Balaban J connectivity index is 4.61. The van der Waals surface area contributed by atoms with Crippen LogP contribution in [0.5, 0.6) is 0 Å². The van der Waals surface area contributed by atoms with Gasteiger partial charge in [-0.2, -0.15) is 0 Å². The second kappa shape index (κ2) is 54.4. The van der Waals surface area contributed by atoms with Gasteiger partial charge in [0.2, 0.25) is 0 Å². The highest BCUT2D eigenvalue weighted by atomic mass is 16.6. The molecule has 0 N–H and O–H groups in total. The van der Waals surface area contributed by atoms with E-state index >= 15 is 0 Å². The van der Waals surface area contributed by atoms with E-state index in [1.165, 1.54) is 77.0 Å². The Bertz CT molecular complexity index is 1440. The van der Waals surface area contributed by atoms with Crippen molar-refractivity contribution < 1.29 is 28.6 Å². The Morgan fingerprint density at radius 3 is 0.896 bits per heavy atom. The molecule has 0 bridgehead atoms. The van der Waals surface area contributed by atoms with E-state index in [9.17, 15) is 14.4 Å². The molecule has 67 heavy (non-hydrogen) atoms. The van der Waals surface area contributed by atoms with Gasteiger partial charge in [0.1, 0.15) is 13.2 Å². The zero-order chi connectivity index (χ0) is 48.6. The molecule has 0 saturated carbocycles. The fraction of sp³-hybridized carbons (Fsp3) is 0.623. The molecule has 378 valence electrons. The first-order valence-corrected chi connectivity index (χ1v) is 27.0. The minimum atomic E-state index is -0.838. The van der Waals surface area contributed by atoms with Gasteiger partial charge in [-0.25, -0.2) is 0 Å². The van der Waals surface area contributed by atoms with Gasteiger partial charge in [0.05, 0.1) is 0 Å². The second-order valence-corrected chi connectivity index (χ2v) is 17.4. The first kappa shape index (κ1) is 62.8. The molecule has 6 nitrogen and oxygen atoms in total. The molecule has 0 rings (SSSR count). The summed E-state index contributed by atoms with van der Waals surface area (Å²) in [6.45, 7) is 6.43. The molecule has 0 aromatic heterocycles. The first-order chi connectivity index (χ1) is 33.0. The predicted octanol–water partition coefficient (Wildman–Crippen LogP) is 18.1. The summed E-state index contributed by atoms with van der Waals surface area (Å²) in [5, 5.41) is 0. The van der Waals surface area contributed by atoms with Crippen LogP contribution in [0.1, 0.15) is 226 Å². The number of ether oxygens (including phenoxy) is 3. The number of carbonyl (C=O) groups is 3. The Labute approximate surface area is 412 Å². The molecule has 0 saturated heterocycles. The van der Waals surface area contributed by atoms with Crippen LogP contribution in [0.4, 0.5) is 0 Å². The number of hydrogen-bond donors (Lipinski definition) is 0. The van der Waals surface area contributed by atoms with Gasteiger partial charge in [-0.3, -0.25) is 14.4 Å². The maximum absolute atomic E-state index is 12.8. The van der Waals surface area contributed by atoms with E-state index in [0.29, 0.717) is 19.3 Å². The van der Waals surface area contributed by atoms with Crippen molar-refractivity contribution in [2.45, 2.75) is 232 Å². The molecule has 0 heterocycles. The fourth-order valence-corrected chi connectivity index (χ4v) is 6.81. The third-order valence-corrected chi connectivity index (χ3v) is 10.9. The molecule has 0 aliphatic heterocycles. The van der Waals surface area contributed by atoms with Crippen LogP contribution in [0.15, 0.2) is 122 Å². The second-order valence-electron chi connectivity index (χ2n) is 17.4. The molecule has 0 aliphatic carbocycles. The molecular formula is C61H98O6. The van der Waals surface area contributed by atoms with Crippen LogP contribution in [0.3, 0.4) is 0 Å². The quantitative estimate of drug-likeness (QED) is 0.0262. The zero-order valence-electron chi connectivity index (χ0n) is 43.1. The lowest BCUT2D eigenvalue weighted by Crippen LogP contribution is -2.30. The fourth-order valence-electron chi connectivity index (χ4n) is 6.81. The van der Waals surface area contributed by atoms with Crippen LogP contribution in [0, 0.1) is 0 Å². The maximum atomic E-state index is 12.8. The molecule has 1 atom stereocenters. The van der Waals surface area contributed by atoms with Gasteiger partial charge in [0.15, 0.2) is 6.10 Å². The van der Waals surface area contributed by atoms with Gasteiger partial charge < -0.3 is 14.2 Å². The molecule has 0 fully saturated rings. The van der Waals surface area contributed by atoms with Crippen molar-refractivity contribution in [3.63, 3.8) is 0 Å². The Hall–Kier alpha value is -4.19. The number of rotatable bonds is 47. The van der Waals surface area contributed by atoms with Crippen LogP contribution in [-0.4, -0.2) is 37.2 Å². The number of hydrogen-bond acceptors (Lipinski definition) is 6. The van der Waals surface area contributed by atoms with Crippen molar-refractivity contribution in [2.24, 2.45) is 0 Å². The first-order valence-electron chi connectivity index (χ1n) is 27.0. The summed E-state index contributed by atoms with van der Waals surface area (Å²) >= 11 is 0. The summed E-state index contributed by atoms with van der Waals surface area (Å²) in [6.07, 6.45) is 74.7. The van der Waals surface area contributed by atoms with Gasteiger partial charge in [-0.1, -0.05) is 200 Å². The third kappa shape index (κ3) is 52.6. The minimum absolute atomic E-state index is 0.127. The summed E-state index contributed by atoms with van der Waals surface area (Å²) in [5.74, 6) is -1.06. The zero-order valence-corrected chi connectivity index (χ0v) is 43.1.